The van der Waals surface area contributed by atoms with E-state index in [9.17, 15) is 10.2 Å². The summed E-state index contributed by atoms with van der Waals surface area (Å²) in [5, 5.41) is 22.7. The van der Waals surface area contributed by atoms with Crippen LogP contribution >= 0.6 is 0 Å². The average Bonchev–Trinajstić information content (AvgIpc) is 3.03. The fourth-order valence-electron chi connectivity index (χ4n) is 6.42. The summed E-state index contributed by atoms with van der Waals surface area (Å²) in [4.78, 5) is 2.36. The van der Waals surface area contributed by atoms with Gasteiger partial charge in [-0.15, -0.1) is 6.58 Å². The first-order chi connectivity index (χ1) is 13.6. The second-order valence-corrected chi connectivity index (χ2v) is 8.58. The van der Waals surface area contributed by atoms with Crippen molar-refractivity contribution in [2.75, 3.05) is 33.4 Å². The molecule has 2 heterocycles. The summed E-state index contributed by atoms with van der Waals surface area (Å²) in [5.74, 6) is 0.714. The van der Waals surface area contributed by atoms with Gasteiger partial charge in [-0.25, -0.2) is 0 Å². The highest BCUT2D eigenvalue weighted by molar-refractivity contribution is 5.62. The molecule has 2 fully saturated rings. The van der Waals surface area contributed by atoms with E-state index in [0.717, 1.165) is 37.9 Å². The maximum Gasteiger partial charge on any atom is 0.165 e. The Morgan fingerprint density at radius 3 is 3.00 bits per heavy atom. The largest absolute Gasteiger partial charge is 0.504 e. The normalized spacial score (nSPS) is 38.0. The molecule has 2 N–H and O–H groups in total. The van der Waals surface area contributed by atoms with E-state index in [-0.39, 0.29) is 24.0 Å². The van der Waals surface area contributed by atoms with Crippen molar-refractivity contribution in [3.05, 3.63) is 35.9 Å². The van der Waals surface area contributed by atoms with E-state index >= 15 is 0 Å². The van der Waals surface area contributed by atoms with Crippen LogP contribution in [0.5, 0.6) is 11.5 Å². The van der Waals surface area contributed by atoms with Crippen LogP contribution in [0.1, 0.15) is 30.4 Å². The van der Waals surface area contributed by atoms with Crippen molar-refractivity contribution in [1.82, 2.24) is 4.90 Å². The molecule has 2 aliphatic carbocycles. The van der Waals surface area contributed by atoms with Crippen molar-refractivity contribution in [1.29, 1.82) is 0 Å². The van der Waals surface area contributed by atoms with E-state index in [1.165, 1.54) is 5.56 Å². The molecule has 0 aromatic heterocycles. The highest BCUT2D eigenvalue weighted by Crippen LogP contribution is 2.65. The van der Waals surface area contributed by atoms with Gasteiger partial charge in [0, 0.05) is 25.3 Å². The van der Waals surface area contributed by atoms with Crippen molar-refractivity contribution in [3.8, 4) is 11.5 Å². The monoisotopic (exact) mass is 387 g/mol. The second kappa shape index (κ2) is 6.46. The quantitative estimate of drug-likeness (QED) is 0.573. The maximum atomic E-state index is 12.2. The van der Waals surface area contributed by atoms with E-state index in [1.807, 2.05) is 12.1 Å². The third-order valence-corrected chi connectivity index (χ3v) is 7.50. The SMILES string of the molecule is C=CCN1CC[C@]23c4c5ccc(O)c4OC2[C@@H](OCCOC)CC[C@@]3(O)C1C5. The first-order valence-corrected chi connectivity index (χ1v) is 10.3. The Morgan fingerprint density at radius 2 is 2.21 bits per heavy atom. The van der Waals surface area contributed by atoms with Crippen LogP contribution in [-0.2, 0) is 21.3 Å². The summed E-state index contributed by atoms with van der Waals surface area (Å²) in [5.41, 5.74) is 0.768. The molecule has 0 radical (unpaired) electrons. The second-order valence-electron chi connectivity index (χ2n) is 8.58. The van der Waals surface area contributed by atoms with Gasteiger partial charge in [0.1, 0.15) is 6.10 Å². The number of phenolic OH excluding ortho intramolecular Hbond substituents is 1. The molecule has 1 aromatic carbocycles. The Kier molecular flexibility index (Phi) is 4.25. The number of phenols is 1. The van der Waals surface area contributed by atoms with Crippen LogP contribution in [0.25, 0.3) is 0 Å². The first-order valence-electron chi connectivity index (χ1n) is 10.3. The molecule has 1 spiro atoms. The molecule has 2 bridgehead atoms. The summed E-state index contributed by atoms with van der Waals surface area (Å²) in [6, 6.07) is 3.75. The van der Waals surface area contributed by atoms with Gasteiger partial charge in [-0.1, -0.05) is 12.1 Å². The molecular weight excluding hydrogens is 358 g/mol. The zero-order chi connectivity index (χ0) is 19.5. The lowest BCUT2D eigenvalue weighted by molar-refractivity contribution is -0.214. The fraction of sp³-hybridized carbons (Fsp3) is 0.636. The van der Waals surface area contributed by atoms with Crippen LogP contribution in [-0.4, -0.2) is 72.4 Å². The predicted octanol–water partition coefficient (Wildman–Crippen LogP) is 1.76. The molecular formula is C22H29NO5. The van der Waals surface area contributed by atoms with Crippen LogP contribution in [0.2, 0.25) is 0 Å². The molecule has 28 heavy (non-hydrogen) atoms. The number of hydrogen-bond acceptors (Lipinski definition) is 6. The van der Waals surface area contributed by atoms with E-state index in [4.69, 9.17) is 14.2 Å². The number of ether oxygens (including phenoxy) is 3. The lowest BCUT2D eigenvalue weighted by atomic mass is 9.48. The van der Waals surface area contributed by atoms with Gasteiger partial charge in [-0.2, -0.15) is 0 Å². The van der Waals surface area contributed by atoms with Gasteiger partial charge in [-0.05, 0) is 43.9 Å². The van der Waals surface area contributed by atoms with Gasteiger partial charge in [0.15, 0.2) is 11.5 Å². The van der Waals surface area contributed by atoms with Crippen LogP contribution in [0.4, 0.5) is 0 Å². The minimum atomic E-state index is -0.897. The summed E-state index contributed by atoms with van der Waals surface area (Å²) in [7, 11) is 1.66. The van der Waals surface area contributed by atoms with Gasteiger partial charge in [0.05, 0.1) is 30.3 Å². The Bertz CT molecular complexity index is 797. The van der Waals surface area contributed by atoms with Crippen LogP contribution in [0, 0.1) is 0 Å². The molecule has 1 saturated carbocycles. The van der Waals surface area contributed by atoms with Crippen LogP contribution < -0.4 is 4.74 Å². The van der Waals surface area contributed by atoms with Crippen LogP contribution in [0.15, 0.2) is 24.8 Å². The Labute approximate surface area is 165 Å². The lowest BCUT2D eigenvalue weighted by Gasteiger charge is -2.64. The molecule has 2 aliphatic heterocycles. The number of piperidine rings is 1. The number of nitrogens with zero attached hydrogens (tertiary/aromatic N) is 1. The van der Waals surface area contributed by atoms with Crippen molar-refractivity contribution >= 4 is 0 Å². The summed E-state index contributed by atoms with van der Waals surface area (Å²) >= 11 is 0. The zero-order valence-corrected chi connectivity index (χ0v) is 16.4. The van der Waals surface area contributed by atoms with Gasteiger partial charge >= 0.3 is 0 Å². The zero-order valence-electron chi connectivity index (χ0n) is 16.4. The Morgan fingerprint density at radius 1 is 1.36 bits per heavy atom. The number of benzene rings is 1. The number of rotatable bonds is 6. The number of methoxy groups -OCH3 is 1. The first kappa shape index (κ1) is 18.4. The van der Waals surface area contributed by atoms with E-state index in [0.29, 0.717) is 25.4 Å². The number of hydrogen-bond donors (Lipinski definition) is 2. The van der Waals surface area contributed by atoms with E-state index < -0.39 is 11.0 Å². The summed E-state index contributed by atoms with van der Waals surface area (Å²) < 4.78 is 17.7. The fourth-order valence-corrected chi connectivity index (χ4v) is 6.42. The number of aliphatic hydroxyl groups is 1. The molecule has 0 amide bonds. The Balaban J connectivity index is 1.63. The summed E-state index contributed by atoms with van der Waals surface area (Å²) in [6.07, 6.45) is 4.44. The number of aromatic hydroxyl groups is 1. The van der Waals surface area contributed by atoms with Gasteiger partial charge in [-0.3, -0.25) is 4.90 Å². The topological polar surface area (TPSA) is 71.4 Å². The molecule has 5 atom stereocenters. The molecule has 152 valence electrons. The molecule has 1 aromatic rings. The maximum absolute atomic E-state index is 12.2. The third kappa shape index (κ3) is 2.17. The Hall–Kier alpha value is -1.60. The van der Waals surface area contributed by atoms with Gasteiger partial charge < -0.3 is 24.4 Å². The van der Waals surface area contributed by atoms with E-state index in [2.05, 4.69) is 11.5 Å². The van der Waals surface area contributed by atoms with Crippen molar-refractivity contribution in [2.24, 2.45) is 0 Å². The smallest absolute Gasteiger partial charge is 0.165 e. The summed E-state index contributed by atoms with van der Waals surface area (Å²) in [6.45, 7) is 6.57. The third-order valence-electron chi connectivity index (χ3n) is 7.50. The molecule has 6 heteroatoms. The molecule has 1 saturated heterocycles. The minimum Gasteiger partial charge on any atom is -0.504 e. The molecule has 4 aliphatic rings. The molecule has 5 rings (SSSR count). The van der Waals surface area contributed by atoms with Crippen molar-refractivity contribution in [2.45, 2.75) is 54.9 Å². The van der Waals surface area contributed by atoms with Gasteiger partial charge in [0.25, 0.3) is 0 Å². The standard InChI is InChI=1S/C22H29NO5/c1-3-9-23-10-8-21-18-14-4-5-15(24)19(18)28-20(21)16(27-12-11-26-2)6-7-22(21,25)17(23)13-14/h3-5,16-17,20,24-25H,1,6-13H2,2H3/t16-,17?,20?,21-,22+/m0/s1. The predicted molar refractivity (Wildman–Crippen MR) is 104 cm³/mol. The number of likely N-dealkylation sites (tertiary alicyclic amines) is 1. The molecule has 6 nitrogen and oxygen atoms in total. The van der Waals surface area contributed by atoms with Gasteiger partial charge in [0.2, 0.25) is 0 Å². The molecule has 2 unspecified atom stereocenters. The van der Waals surface area contributed by atoms with E-state index in [1.54, 1.807) is 13.2 Å². The highest BCUT2D eigenvalue weighted by atomic mass is 16.6. The highest BCUT2D eigenvalue weighted by Gasteiger charge is 2.73. The van der Waals surface area contributed by atoms with Crippen molar-refractivity contribution < 1.29 is 24.4 Å². The average molecular weight is 387 g/mol. The lowest BCUT2D eigenvalue weighted by Crippen LogP contribution is -2.77. The minimum absolute atomic E-state index is 0.0215. The van der Waals surface area contributed by atoms with Crippen LogP contribution in [0.3, 0.4) is 0 Å². The van der Waals surface area contributed by atoms with Crippen molar-refractivity contribution in [3.63, 3.8) is 0 Å².